The first kappa shape index (κ1) is 10.9. The molecular weight excluding hydrogens is 186 g/mol. The minimum Gasteiger partial charge on any atom is -0.316 e. The van der Waals surface area contributed by atoms with Crippen LogP contribution in [0.5, 0.6) is 0 Å². The van der Waals surface area contributed by atoms with E-state index in [0.29, 0.717) is 0 Å². The van der Waals surface area contributed by atoms with Crippen molar-refractivity contribution in [3.63, 3.8) is 0 Å². The van der Waals surface area contributed by atoms with Crippen molar-refractivity contribution in [2.75, 3.05) is 45.8 Å². The minimum atomic E-state index is 0.806. The molecule has 84 valence electrons. The molecule has 0 saturated carbocycles. The molecule has 15 heavy (non-hydrogen) atoms. The van der Waals surface area contributed by atoms with Gasteiger partial charge in [0.05, 0.1) is 6.54 Å². The van der Waals surface area contributed by atoms with E-state index < -0.39 is 0 Å². The fraction of sp³-hybridized carbons (Fsp3) is 0.833. The van der Waals surface area contributed by atoms with Crippen molar-refractivity contribution in [2.45, 2.75) is 12.8 Å². The van der Waals surface area contributed by atoms with E-state index in [1.165, 1.54) is 19.5 Å². The molecule has 2 fully saturated rings. The van der Waals surface area contributed by atoms with Gasteiger partial charge < -0.3 is 10.6 Å². The molecule has 1 atom stereocenters. The van der Waals surface area contributed by atoms with E-state index >= 15 is 0 Å². The van der Waals surface area contributed by atoms with Crippen LogP contribution in [0.4, 0.5) is 0 Å². The molecule has 2 rings (SSSR count). The lowest BCUT2D eigenvalue weighted by Gasteiger charge is -2.24. The lowest BCUT2D eigenvalue weighted by Crippen LogP contribution is -2.43. The molecule has 0 aromatic carbocycles. The fourth-order valence-electron chi connectivity index (χ4n) is 2.14. The van der Waals surface area contributed by atoms with Gasteiger partial charge in [0.15, 0.2) is 0 Å². The third-order valence-corrected chi connectivity index (χ3v) is 3.19. The number of hydrogen-bond donors (Lipinski definition) is 2. The van der Waals surface area contributed by atoms with Gasteiger partial charge in [0.2, 0.25) is 0 Å². The summed E-state index contributed by atoms with van der Waals surface area (Å²) in [7, 11) is 0. The van der Waals surface area contributed by atoms with Crippen molar-refractivity contribution < 1.29 is 0 Å². The van der Waals surface area contributed by atoms with Gasteiger partial charge in [-0.1, -0.05) is 5.92 Å². The summed E-state index contributed by atoms with van der Waals surface area (Å²) >= 11 is 0. The zero-order valence-corrected chi connectivity index (χ0v) is 9.39. The molecule has 0 bridgehead atoms. The average Bonchev–Trinajstić information content (AvgIpc) is 2.79. The third-order valence-electron chi connectivity index (χ3n) is 3.19. The Bertz CT molecular complexity index is 229. The van der Waals surface area contributed by atoms with E-state index in [4.69, 9.17) is 0 Å². The van der Waals surface area contributed by atoms with Gasteiger partial charge in [0, 0.05) is 32.6 Å². The normalized spacial score (nSPS) is 27.3. The van der Waals surface area contributed by atoms with Gasteiger partial charge in [0.25, 0.3) is 0 Å². The highest BCUT2D eigenvalue weighted by Crippen LogP contribution is 2.10. The van der Waals surface area contributed by atoms with Gasteiger partial charge >= 0.3 is 0 Å². The van der Waals surface area contributed by atoms with Crippen LogP contribution < -0.4 is 10.6 Å². The maximum Gasteiger partial charge on any atom is 0.0602 e. The summed E-state index contributed by atoms with van der Waals surface area (Å²) in [5.74, 6) is 7.43. The zero-order valence-electron chi connectivity index (χ0n) is 9.39. The van der Waals surface area contributed by atoms with E-state index in [1.54, 1.807) is 0 Å². The molecule has 0 amide bonds. The smallest absolute Gasteiger partial charge is 0.0602 e. The molecule has 0 spiro atoms. The van der Waals surface area contributed by atoms with Crippen molar-refractivity contribution in [3.8, 4) is 11.8 Å². The Morgan fingerprint density at radius 3 is 2.67 bits per heavy atom. The monoisotopic (exact) mass is 207 g/mol. The Kier molecular flexibility index (Phi) is 4.46. The maximum atomic E-state index is 3.38. The Balaban J connectivity index is 1.61. The van der Waals surface area contributed by atoms with Crippen LogP contribution in [0, 0.1) is 17.8 Å². The van der Waals surface area contributed by atoms with Gasteiger partial charge in [-0.05, 0) is 25.4 Å². The highest BCUT2D eigenvalue weighted by Gasteiger charge is 2.12. The highest BCUT2D eigenvalue weighted by atomic mass is 15.2. The molecular formula is C12H21N3. The van der Waals surface area contributed by atoms with Gasteiger partial charge in [-0.3, -0.25) is 4.90 Å². The second-order valence-electron chi connectivity index (χ2n) is 4.44. The molecule has 3 heteroatoms. The summed E-state index contributed by atoms with van der Waals surface area (Å²) in [6.07, 6.45) is 2.39. The predicted molar refractivity (Wildman–Crippen MR) is 62.7 cm³/mol. The van der Waals surface area contributed by atoms with Gasteiger partial charge in [-0.2, -0.15) is 0 Å². The molecule has 3 nitrogen and oxygen atoms in total. The predicted octanol–water partition coefficient (Wildman–Crippen LogP) is -0.105. The summed E-state index contributed by atoms with van der Waals surface area (Å²) in [5, 5.41) is 6.73. The fourth-order valence-corrected chi connectivity index (χ4v) is 2.14. The first-order valence-electron chi connectivity index (χ1n) is 6.04. The van der Waals surface area contributed by atoms with Crippen molar-refractivity contribution in [1.82, 2.24) is 15.5 Å². The number of nitrogens with zero attached hydrogens (tertiary/aromatic N) is 1. The Hall–Kier alpha value is -0.560. The van der Waals surface area contributed by atoms with E-state index in [2.05, 4.69) is 27.4 Å². The largest absolute Gasteiger partial charge is 0.316 e. The molecule has 0 radical (unpaired) electrons. The molecule has 2 aliphatic rings. The van der Waals surface area contributed by atoms with Crippen LogP contribution in [0.15, 0.2) is 0 Å². The minimum absolute atomic E-state index is 0.806. The van der Waals surface area contributed by atoms with E-state index in [9.17, 15) is 0 Å². The summed E-state index contributed by atoms with van der Waals surface area (Å²) in [6.45, 7) is 7.86. The molecule has 0 aromatic heterocycles. The second kappa shape index (κ2) is 6.12. The number of hydrogen-bond acceptors (Lipinski definition) is 3. The van der Waals surface area contributed by atoms with Gasteiger partial charge in [-0.25, -0.2) is 0 Å². The topological polar surface area (TPSA) is 27.3 Å². The number of rotatable bonds is 2. The first-order chi connectivity index (χ1) is 7.45. The molecule has 0 aromatic rings. The molecule has 0 aliphatic carbocycles. The zero-order chi connectivity index (χ0) is 10.3. The molecule has 2 saturated heterocycles. The summed E-state index contributed by atoms with van der Waals surface area (Å²) in [6, 6.07) is 0. The third kappa shape index (κ3) is 3.83. The van der Waals surface area contributed by atoms with Crippen LogP contribution in [-0.4, -0.2) is 50.7 Å². The van der Waals surface area contributed by atoms with E-state index in [0.717, 1.165) is 45.1 Å². The van der Waals surface area contributed by atoms with Crippen LogP contribution in [-0.2, 0) is 0 Å². The lowest BCUT2D eigenvalue weighted by atomic mass is 10.1. The van der Waals surface area contributed by atoms with Crippen molar-refractivity contribution >= 4 is 0 Å². The number of nitrogens with one attached hydrogen (secondary N) is 2. The second-order valence-corrected chi connectivity index (χ2v) is 4.44. The SMILES string of the molecule is C(#CCN1CCNCC1)CC1CCNC1. The number of piperazine rings is 1. The maximum absolute atomic E-state index is 3.38. The first-order valence-corrected chi connectivity index (χ1v) is 6.04. The van der Waals surface area contributed by atoms with Crippen LogP contribution in [0.2, 0.25) is 0 Å². The Labute approximate surface area is 92.6 Å². The van der Waals surface area contributed by atoms with Gasteiger partial charge in [-0.15, -0.1) is 5.92 Å². The molecule has 2 N–H and O–H groups in total. The molecule has 2 aliphatic heterocycles. The Morgan fingerprint density at radius 1 is 1.07 bits per heavy atom. The van der Waals surface area contributed by atoms with Crippen LogP contribution in [0.25, 0.3) is 0 Å². The lowest BCUT2D eigenvalue weighted by molar-refractivity contribution is 0.268. The van der Waals surface area contributed by atoms with E-state index in [1.807, 2.05) is 0 Å². The van der Waals surface area contributed by atoms with Crippen LogP contribution in [0.3, 0.4) is 0 Å². The van der Waals surface area contributed by atoms with Crippen molar-refractivity contribution in [2.24, 2.45) is 5.92 Å². The van der Waals surface area contributed by atoms with Crippen molar-refractivity contribution in [3.05, 3.63) is 0 Å². The standard InChI is InChI=1S/C12H21N3/c1(3-12-4-5-14-11-12)2-8-15-9-6-13-7-10-15/h12-14H,3-11H2. The van der Waals surface area contributed by atoms with E-state index in [-0.39, 0.29) is 0 Å². The summed E-state index contributed by atoms with van der Waals surface area (Å²) < 4.78 is 0. The van der Waals surface area contributed by atoms with Crippen LogP contribution in [0.1, 0.15) is 12.8 Å². The quantitative estimate of drug-likeness (QED) is 0.619. The molecule has 2 heterocycles. The highest BCUT2D eigenvalue weighted by molar-refractivity contribution is 5.03. The summed E-state index contributed by atoms with van der Waals surface area (Å²) in [5.41, 5.74) is 0. The van der Waals surface area contributed by atoms with Gasteiger partial charge in [0.1, 0.15) is 0 Å². The Morgan fingerprint density at radius 2 is 1.93 bits per heavy atom. The average molecular weight is 207 g/mol. The molecule has 1 unspecified atom stereocenters. The van der Waals surface area contributed by atoms with Crippen LogP contribution >= 0.6 is 0 Å². The van der Waals surface area contributed by atoms with Crippen molar-refractivity contribution in [1.29, 1.82) is 0 Å². The summed E-state index contributed by atoms with van der Waals surface area (Å²) in [4.78, 5) is 2.43.